The minimum Gasteiger partial charge on any atom is 0 e. The summed E-state index contributed by atoms with van der Waals surface area (Å²) in [7, 11) is 0. The molecule has 0 rings (SSSR count). The van der Waals surface area contributed by atoms with Gasteiger partial charge in [0.05, 0.1) is 0 Å². The first kappa shape index (κ1) is 36.5. The molecule has 0 aliphatic heterocycles. The van der Waals surface area contributed by atoms with Gasteiger partial charge in [-0.1, -0.05) is 0 Å². The minimum absolute atomic E-state index is 0. The summed E-state index contributed by atoms with van der Waals surface area (Å²) >= 11 is 0. The average Bonchev–Trinajstić information content (AvgIpc) is 0. The van der Waals surface area contributed by atoms with E-state index in [1.807, 2.05) is 0 Å². The molecule has 32 valence electrons. The first-order chi connectivity index (χ1) is 0. The van der Waals surface area contributed by atoms with Crippen molar-refractivity contribution in [2.75, 3.05) is 0 Å². The molecule has 0 amide bonds. The predicted molar refractivity (Wildman–Crippen MR) is 0 cm³/mol. The molecule has 2 radical (unpaired) electrons. The van der Waals surface area contributed by atoms with E-state index >= 15 is 0 Å². The minimum atomic E-state index is 0. The van der Waals surface area contributed by atoms with Gasteiger partial charge in [-0.3, -0.25) is 0 Å². The van der Waals surface area contributed by atoms with Crippen molar-refractivity contribution in [2.24, 2.45) is 0 Å². The Morgan fingerprint density at radius 3 is 0.750 bits per heavy atom. The smallest absolute Gasteiger partial charge is 0 e. The van der Waals surface area contributed by atoms with Gasteiger partial charge < -0.3 is 0 Å². The second-order valence-electron chi connectivity index (χ2n) is 0. The van der Waals surface area contributed by atoms with Gasteiger partial charge in [0.1, 0.15) is 0 Å². The van der Waals surface area contributed by atoms with Crippen molar-refractivity contribution in [1.29, 1.82) is 0 Å². The van der Waals surface area contributed by atoms with Crippen LogP contribution in [-0.2, 0) is 68.0 Å². The third-order valence-corrected chi connectivity index (χ3v) is 0. The van der Waals surface area contributed by atoms with E-state index in [4.69, 9.17) is 0 Å². The van der Waals surface area contributed by atoms with Crippen LogP contribution in [0.25, 0.3) is 0 Å². The summed E-state index contributed by atoms with van der Waals surface area (Å²) in [5.74, 6) is 0. The summed E-state index contributed by atoms with van der Waals surface area (Å²) < 4.78 is 0. The van der Waals surface area contributed by atoms with Gasteiger partial charge in [0.2, 0.25) is 0 Å². The first-order valence-electron chi connectivity index (χ1n) is 0. The van der Waals surface area contributed by atoms with E-state index in [0.717, 1.165) is 0 Å². The van der Waals surface area contributed by atoms with E-state index in [1.165, 1.54) is 0 Å². The molecule has 0 nitrogen and oxygen atoms in total. The van der Waals surface area contributed by atoms with Crippen LogP contribution in [0, 0.1) is 0 Å². The van der Waals surface area contributed by atoms with Gasteiger partial charge in [-0.25, -0.2) is 0 Å². The van der Waals surface area contributed by atoms with E-state index in [2.05, 4.69) is 0 Å². The molecule has 0 aromatic heterocycles. The molecule has 0 aliphatic rings. The summed E-state index contributed by atoms with van der Waals surface area (Å²) in [6.45, 7) is 0. The van der Waals surface area contributed by atoms with Crippen LogP contribution in [0.15, 0.2) is 0 Å². The van der Waals surface area contributed by atoms with E-state index in [0.29, 0.717) is 0 Å². The van der Waals surface area contributed by atoms with Gasteiger partial charge >= 0.3 is 0 Å². The number of hydrogen-bond acceptors (Lipinski definition) is 0. The molecule has 4 heteroatoms. The molecule has 0 saturated heterocycles. The molecule has 0 atom stereocenters. The zero-order valence-corrected chi connectivity index (χ0v) is 5.89. The summed E-state index contributed by atoms with van der Waals surface area (Å²) in [5, 5.41) is 0. The Bertz CT molecular complexity index is 6.00. The van der Waals surface area contributed by atoms with Crippen LogP contribution < -0.4 is 0 Å². The Labute approximate surface area is 67.5 Å². The van der Waals surface area contributed by atoms with E-state index < -0.39 is 0 Å². The van der Waals surface area contributed by atoms with E-state index in [1.54, 1.807) is 0 Å². The first-order valence-corrected chi connectivity index (χ1v) is 0. The van der Waals surface area contributed by atoms with E-state index in [-0.39, 0.29) is 68.0 Å². The van der Waals surface area contributed by atoms with Crippen molar-refractivity contribution in [3.63, 3.8) is 0 Å². The summed E-state index contributed by atoms with van der Waals surface area (Å²) in [6, 6.07) is 0. The van der Waals surface area contributed by atoms with Gasteiger partial charge in [-0.05, 0) is 0 Å². The second-order valence-corrected chi connectivity index (χ2v) is 0. The third-order valence-electron chi connectivity index (χ3n) is 0. The van der Waals surface area contributed by atoms with Crippen LogP contribution in [0.1, 0.15) is 0 Å². The molecular weight excluding hydrogens is 226 g/mol. The fraction of sp³-hybridized carbons (Fsp3) is 0. The van der Waals surface area contributed by atoms with Crippen molar-refractivity contribution in [3.8, 4) is 0 Å². The van der Waals surface area contributed by atoms with Gasteiger partial charge in [0.25, 0.3) is 0 Å². The van der Waals surface area contributed by atoms with Crippen LogP contribution >= 0.6 is 0 Å². The zero-order valence-electron chi connectivity index (χ0n) is 1.43. The molecule has 0 aliphatic carbocycles. The van der Waals surface area contributed by atoms with E-state index in [9.17, 15) is 0 Å². The number of hydrogen-bond donors (Lipinski definition) is 0. The Hall–Kier alpha value is 2.06. The maximum Gasteiger partial charge on any atom is 0 e. The average molecular weight is 226 g/mol. The Morgan fingerprint density at radius 2 is 0.750 bits per heavy atom. The SMILES string of the molecule is [Co].[Co].[Cr].[Fe]. The fourth-order valence-electron chi connectivity index (χ4n) is 0. The van der Waals surface area contributed by atoms with Crippen molar-refractivity contribution < 1.29 is 68.0 Å². The Balaban J connectivity index is 0. The van der Waals surface area contributed by atoms with Crippen LogP contribution in [0.5, 0.6) is 0 Å². The predicted octanol–water partition coefficient (Wildman–Crippen LogP) is -0.0100. The molecule has 0 unspecified atom stereocenters. The molecule has 0 saturated carbocycles. The Morgan fingerprint density at radius 1 is 0.750 bits per heavy atom. The van der Waals surface area contributed by atoms with Crippen molar-refractivity contribution >= 4 is 0 Å². The van der Waals surface area contributed by atoms with Gasteiger partial charge in [0.15, 0.2) is 0 Å². The summed E-state index contributed by atoms with van der Waals surface area (Å²) in [6.07, 6.45) is 0. The van der Waals surface area contributed by atoms with Crippen molar-refractivity contribution in [2.45, 2.75) is 0 Å². The monoisotopic (exact) mass is 226 g/mol. The second kappa shape index (κ2) is 19.6. The number of rotatable bonds is 0. The summed E-state index contributed by atoms with van der Waals surface area (Å²) in [5.41, 5.74) is 0. The van der Waals surface area contributed by atoms with Gasteiger partial charge in [0, 0.05) is 68.0 Å². The molecule has 0 aromatic rings. The topological polar surface area (TPSA) is 0 Å². The van der Waals surface area contributed by atoms with Gasteiger partial charge in [-0.2, -0.15) is 0 Å². The quantitative estimate of drug-likeness (QED) is 0.509. The Kier molecular flexibility index (Phi) is 179. The van der Waals surface area contributed by atoms with Crippen LogP contribution in [-0.4, -0.2) is 0 Å². The maximum atomic E-state index is 0. The maximum absolute atomic E-state index is 0. The summed E-state index contributed by atoms with van der Waals surface area (Å²) in [4.78, 5) is 0. The standard InChI is InChI=1S/2Co.Cr.Fe. The van der Waals surface area contributed by atoms with Crippen molar-refractivity contribution in [3.05, 3.63) is 0 Å². The normalized spacial score (nSPS) is 0. The molecule has 0 N–H and O–H groups in total. The zero-order chi connectivity index (χ0) is 0. The third kappa shape index (κ3) is 8.96. The van der Waals surface area contributed by atoms with Crippen LogP contribution in [0.4, 0.5) is 0 Å². The van der Waals surface area contributed by atoms with Crippen LogP contribution in [0.2, 0.25) is 0 Å². The fourth-order valence-corrected chi connectivity index (χ4v) is 0. The molecule has 0 heterocycles. The molecule has 0 aromatic carbocycles. The van der Waals surface area contributed by atoms with Gasteiger partial charge in [-0.15, -0.1) is 0 Å². The molecule has 0 spiro atoms. The molecule has 0 bridgehead atoms. The van der Waals surface area contributed by atoms with Crippen molar-refractivity contribution in [1.82, 2.24) is 0 Å². The van der Waals surface area contributed by atoms with Crippen LogP contribution in [0.3, 0.4) is 0 Å². The molecular formula is Co2CrFe. The molecule has 0 fully saturated rings. The largest absolute Gasteiger partial charge is 0 e. The molecule has 4 heavy (non-hydrogen) atoms.